The van der Waals surface area contributed by atoms with Crippen LogP contribution in [-0.4, -0.2) is 36.4 Å². The predicted octanol–water partition coefficient (Wildman–Crippen LogP) is 0.748. The van der Waals surface area contributed by atoms with E-state index in [0.717, 1.165) is 24.7 Å². The van der Waals surface area contributed by atoms with Gasteiger partial charge < -0.3 is 9.84 Å². The van der Waals surface area contributed by atoms with E-state index in [-0.39, 0.29) is 6.61 Å². The molecule has 56 valence electrons. The second-order valence-electron chi connectivity index (χ2n) is 1.53. The average Bonchev–Trinajstić information content (AvgIpc) is 1.89. The maximum absolute atomic E-state index is 8.36. The minimum atomic E-state index is 0.275. The molecule has 0 bridgehead atoms. The van der Waals surface area contributed by atoms with E-state index in [1.807, 2.05) is 6.92 Å². The molecular formula is C6H14O2S. The topological polar surface area (TPSA) is 29.5 Å². The summed E-state index contributed by atoms with van der Waals surface area (Å²) in [5, 5.41) is 8.36. The summed E-state index contributed by atoms with van der Waals surface area (Å²) in [6.07, 6.45) is 0. The molecule has 0 aromatic rings. The number of aliphatic hydroxyl groups is 1. The molecule has 0 atom stereocenters. The maximum atomic E-state index is 8.36. The minimum absolute atomic E-state index is 0.275. The van der Waals surface area contributed by atoms with Gasteiger partial charge in [-0.25, -0.2) is 0 Å². The summed E-state index contributed by atoms with van der Waals surface area (Å²) in [5.41, 5.74) is 0. The lowest BCUT2D eigenvalue weighted by molar-refractivity contribution is 0.164. The zero-order chi connectivity index (χ0) is 6.95. The molecule has 0 unspecified atom stereocenters. The summed E-state index contributed by atoms with van der Waals surface area (Å²) >= 11 is 1.72. The first-order valence-electron chi connectivity index (χ1n) is 3.18. The fourth-order valence-electron chi connectivity index (χ4n) is 0.429. The highest BCUT2D eigenvalue weighted by Crippen LogP contribution is 1.96. The first-order chi connectivity index (χ1) is 4.41. The van der Waals surface area contributed by atoms with Crippen LogP contribution in [0.2, 0.25) is 0 Å². The quantitative estimate of drug-likeness (QED) is 0.566. The third kappa shape index (κ3) is 8.27. The van der Waals surface area contributed by atoms with Crippen LogP contribution in [0.3, 0.4) is 0 Å². The van der Waals surface area contributed by atoms with Crippen molar-refractivity contribution in [2.75, 3.05) is 31.3 Å². The standard InChI is InChI=1S/C6H14O2S/c1-2-8-4-6-9-5-3-7/h7H,2-6H2,1H3. The second-order valence-corrected chi connectivity index (χ2v) is 2.76. The van der Waals surface area contributed by atoms with E-state index in [9.17, 15) is 0 Å². The molecule has 0 saturated carbocycles. The van der Waals surface area contributed by atoms with Crippen LogP contribution in [0.15, 0.2) is 0 Å². The molecule has 0 fully saturated rings. The molecule has 0 aromatic heterocycles. The van der Waals surface area contributed by atoms with Crippen molar-refractivity contribution in [1.29, 1.82) is 0 Å². The molecule has 9 heavy (non-hydrogen) atoms. The van der Waals surface area contributed by atoms with Crippen LogP contribution in [0.5, 0.6) is 0 Å². The van der Waals surface area contributed by atoms with Gasteiger partial charge in [0.2, 0.25) is 0 Å². The van der Waals surface area contributed by atoms with Gasteiger partial charge in [0, 0.05) is 18.1 Å². The highest BCUT2D eigenvalue weighted by atomic mass is 32.2. The van der Waals surface area contributed by atoms with Gasteiger partial charge in [-0.3, -0.25) is 0 Å². The Balaban J connectivity index is 2.60. The Bertz CT molecular complexity index is 44.3. The number of rotatable bonds is 6. The smallest absolute Gasteiger partial charge is 0.0556 e. The molecule has 0 heterocycles. The Kier molecular flexibility index (Phi) is 8.52. The van der Waals surface area contributed by atoms with Gasteiger partial charge >= 0.3 is 0 Å². The summed E-state index contributed by atoms with van der Waals surface area (Å²) in [4.78, 5) is 0. The number of hydrogen-bond donors (Lipinski definition) is 1. The number of hydrogen-bond acceptors (Lipinski definition) is 3. The van der Waals surface area contributed by atoms with Gasteiger partial charge in [-0.05, 0) is 6.92 Å². The van der Waals surface area contributed by atoms with Crippen molar-refractivity contribution in [3.8, 4) is 0 Å². The van der Waals surface area contributed by atoms with Crippen LogP contribution in [-0.2, 0) is 4.74 Å². The molecule has 0 aliphatic carbocycles. The lowest BCUT2D eigenvalue weighted by Gasteiger charge is -1.98. The lowest BCUT2D eigenvalue weighted by Crippen LogP contribution is -1.97. The normalized spacial score (nSPS) is 10.0. The van der Waals surface area contributed by atoms with Crippen LogP contribution in [0.25, 0.3) is 0 Å². The minimum Gasteiger partial charge on any atom is -0.396 e. The van der Waals surface area contributed by atoms with Crippen molar-refractivity contribution in [3.05, 3.63) is 0 Å². The zero-order valence-corrected chi connectivity index (χ0v) is 6.62. The van der Waals surface area contributed by atoms with Crippen LogP contribution in [0.1, 0.15) is 6.92 Å². The summed E-state index contributed by atoms with van der Waals surface area (Å²) in [6, 6.07) is 0. The molecule has 0 amide bonds. The molecule has 0 aromatic carbocycles. The molecule has 0 aliphatic heterocycles. The van der Waals surface area contributed by atoms with Gasteiger partial charge in [-0.2, -0.15) is 11.8 Å². The van der Waals surface area contributed by atoms with Crippen LogP contribution in [0, 0.1) is 0 Å². The third-order valence-electron chi connectivity index (χ3n) is 0.812. The lowest BCUT2D eigenvalue weighted by atomic mass is 10.8. The zero-order valence-electron chi connectivity index (χ0n) is 5.80. The Hall–Kier alpha value is 0.270. The van der Waals surface area contributed by atoms with Gasteiger partial charge in [-0.15, -0.1) is 0 Å². The second kappa shape index (κ2) is 8.27. The van der Waals surface area contributed by atoms with Crippen LogP contribution < -0.4 is 0 Å². The number of thioether (sulfide) groups is 1. The number of aliphatic hydroxyl groups excluding tert-OH is 1. The summed E-state index contributed by atoms with van der Waals surface area (Å²) < 4.78 is 5.08. The summed E-state index contributed by atoms with van der Waals surface area (Å²) in [6.45, 7) is 3.86. The van der Waals surface area contributed by atoms with E-state index in [1.165, 1.54) is 0 Å². The van der Waals surface area contributed by atoms with E-state index in [0.29, 0.717) is 0 Å². The third-order valence-corrected chi connectivity index (χ3v) is 1.74. The fourth-order valence-corrected chi connectivity index (χ4v) is 0.998. The van der Waals surface area contributed by atoms with E-state index in [4.69, 9.17) is 9.84 Å². The van der Waals surface area contributed by atoms with Crippen molar-refractivity contribution in [2.45, 2.75) is 6.92 Å². The first-order valence-corrected chi connectivity index (χ1v) is 4.33. The highest BCUT2D eigenvalue weighted by Gasteiger charge is 1.85. The SMILES string of the molecule is CCOCCSCCO. The molecule has 0 aliphatic rings. The van der Waals surface area contributed by atoms with Crippen molar-refractivity contribution in [2.24, 2.45) is 0 Å². The largest absolute Gasteiger partial charge is 0.396 e. The predicted molar refractivity (Wildman–Crippen MR) is 40.9 cm³/mol. The Morgan fingerprint density at radius 1 is 1.44 bits per heavy atom. The van der Waals surface area contributed by atoms with E-state index in [2.05, 4.69) is 0 Å². The Morgan fingerprint density at radius 2 is 2.22 bits per heavy atom. The molecule has 2 nitrogen and oxygen atoms in total. The van der Waals surface area contributed by atoms with Crippen LogP contribution >= 0.6 is 11.8 Å². The first kappa shape index (κ1) is 9.27. The van der Waals surface area contributed by atoms with Crippen molar-refractivity contribution in [3.63, 3.8) is 0 Å². The summed E-state index contributed by atoms with van der Waals surface area (Å²) in [5.74, 6) is 1.82. The Labute approximate surface area is 60.6 Å². The van der Waals surface area contributed by atoms with Crippen LogP contribution in [0.4, 0.5) is 0 Å². The van der Waals surface area contributed by atoms with Crippen molar-refractivity contribution >= 4 is 11.8 Å². The maximum Gasteiger partial charge on any atom is 0.0556 e. The van der Waals surface area contributed by atoms with E-state index in [1.54, 1.807) is 11.8 Å². The van der Waals surface area contributed by atoms with E-state index < -0.39 is 0 Å². The monoisotopic (exact) mass is 150 g/mol. The average molecular weight is 150 g/mol. The molecule has 0 radical (unpaired) electrons. The summed E-state index contributed by atoms with van der Waals surface area (Å²) in [7, 11) is 0. The number of ether oxygens (including phenoxy) is 1. The molecular weight excluding hydrogens is 136 g/mol. The highest BCUT2D eigenvalue weighted by molar-refractivity contribution is 7.99. The molecule has 0 saturated heterocycles. The molecule has 1 N–H and O–H groups in total. The van der Waals surface area contributed by atoms with Gasteiger partial charge in [-0.1, -0.05) is 0 Å². The van der Waals surface area contributed by atoms with Gasteiger partial charge in [0.1, 0.15) is 0 Å². The van der Waals surface area contributed by atoms with Gasteiger partial charge in [0.15, 0.2) is 0 Å². The van der Waals surface area contributed by atoms with Crippen molar-refractivity contribution in [1.82, 2.24) is 0 Å². The fraction of sp³-hybridized carbons (Fsp3) is 1.00. The Morgan fingerprint density at radius 3 is 2.78 bits per heavy atom. The van der Waals surface area contributed by atoms with Gasteiger partial charge in [0.05, 0.1) is 13.2 Å². The molecule has 0 spiro atoms. The van der Waals surface area contributed by atoms with Gasteiger partial charge in [0.25, 0.3) is 0 Å². The van der Waals surface area contributed by atoms with Crippen molar-refractivity contribution < 1.29 is 9.84 Å². The molecule has 0 rings (SSSR count). The van der Waals surface area contributed by atoms with E-state index >= 15 is 0 Å². The molecule has 3 heteroatoms.